The van der Waals surface area contributed by atoms with Crippen LogP contribution in [-0.4, -0.2) is 41.8 Å². The summed E-state index contributed by atoms with van der Waals surface area (Å²) in [6.45, 7) is 0. The second-order valence-electron chi connectivity index (χ2n) is 5.13. The van der Waals surface area contributed by atoms with Crippen molar-refractivity contribution in [1.29, 1.82) is 0 Å². The fourth-order valence-corrected chi connectivity index (χ4v) is 3.66. The monoisotopic (exact) mass is 455 g/mol. The van der Waals surface area contributed by atoms with Crippen LogP contribution < -0.4 is 19.6 Å². The Balaban J connectivity index is 2.29. The summed E-state index contributed by atoms with van der Waals surface area (Å²) in [7, 11) is 0.484. The van der Waals surface area contributed by atoms with Crippen molar-refractivity contribution in [3.05, 3.63) is 52.0 Å². The first-order valence-electron chi connectivity index (χ1n) is 7.61. The number of methoxy groups -OCH3 is 2. The maximum atomic E-state index is 12.4. The fraction of sp³-hybridized carbons (Fsp3) is 0.176. The number of benzene rings is 2. The Morgan fingerprint density at radius 2 is 1.89 bits per heavy atom. The van der Waals surface area contributed by atoms with E-state index in [0.29, 0.717) is 17.1 Å². The zero-order valence-corrected chi connectivity index (χ0v) is 17.2. The van der Waals surface area contributed by atoms with Gasteiger partial charge in [0, 0.05) is 10.0 Å². The van der Waals surface area contributed by atoms with E-state index in [1.54, 1.807) is 18.2 Å². The van der Waals surface area contributed by atoms with E-state index >= 15 is 0 Å². The van der Waals surface area contributed by atoms with Crippen molar-refractivity contribution in [3.8, 4) is 11.5 Å². The number of ether oxygens (including phenoxy) is 2. The van der Waals surface area contributed by atoms with Gasteiger partial charge < -0.3 is 9.47 Å². The first-order chi connectivity index (χ1) is 12.8. The first-order valence-corrected chi connectivity index (χ1v) is 9.89. The van der Waals surface area contributed by atoms with Gasteiger partial charge in [-0.15, -0.1) is 0 Å². The molecule has 0 heterocycles. The number of hydrazone groups is 1. The van der Waals surface area contributed by atoms with Gasteiger partial charge in [-0.3, -0.25) is 4.79 Å². The Morgan fingerprint density at radius 3 is 2.52 bits per heavy atom. The number of hydrogen-bond acceptors (Lipinski definition) is 6. The number of carbonyl (C=O) groups excluding carboxylic acids is 1. The van der Waals surface area contributed by atoms with Crippen LogP contribution in [0.25, 0.3) is 0 Å². The van der Waals surface area contributed by atoms with E-state index in [1.165, 1.54) is 45.7 Å². The van der Waals surface area contributed by atoms with Crippen molar-refractivity contribution in [3.63, 3.8) is 0 Å². The summed E-state index contributed by atoms with van der Waals surface area (Å²) >= 11 is 3.36. The predicted octanol–water partition coefficient (Wildman–Crippen LogP) is 2.14. The van der Waals surface area contributed by atoms with Gasteiger partial charge in [0.2, 0.25) is 10.0 Å². The van der Waals surface area contributed by atoms with Gasteiger partial charge in [0.05, 0.1) is 30.9 Å². The van der Waals surface area contributed by atoms with E-state index in [1.807, 2.05) is 0 Å². The summed E-state index contributed by atoms with van der Waals surface area (Å²) in [6.07, 6.45) is 1.37. The lowest BCUT2D eigenvalue weighted by atomic mass is 10.2. The number of sulfonamides is 1. The van der Waals surface area contributed by atoms with Crippen molar-refractivity contribution in [2.45, 2.75) is 4.90 Å². The van der Waals surface area contributed by atoms with Gasteiger partial charge >= 0.3 is 0 Å². The second kappa shape index (κ2) is 8.98. The van der Waals surface area contributed by atoms with E-state index in [4.69, 9.17) is 9.47 Å². The molecule has 2 aromatic rings. The lowest BCUT2D eigenvalue weighted by Crippen LogP contribution is -2.25. The van der Waals surface area contributed by atoms with Gasteiger partial charge in [-0.25, -0.2) is 18.6 Å². The van der Waals surface area contributed by atoms with E-state index < -0.39 is 15.9 Å². The van der Waals surface area contributed by atoms with Gasteiger partial charge in [-0.2, -0.15) is 5.10 Å². The number of halogens is 1. The Bertz CT molecular complexity index is 977. The highest BCUT2D eigenvalue weighted by molar-refractivity contribution is 9.10. The van der Waals surface area contributed by atoms with Gasteiger partial charge in [0.1, 0.15) is 0 Å². The van der Waals surface area contributed by atoms with Crippen LogP contribution in [0.5, 0.6) is 11.5 Å². The highest BCUT2D eigenvalue weighted by Gasteiger charge is 2.20. The SMILES string of the molecule is CNS(=O)(=O)c1ccccc1C(=O)N/N=C\c1cc(Br)cc(OC)c1OC. The minimum Gasteiger partial charge on any atom is -0.493 e. The molecule has 0 aliphatic heterocycles. The third kappa shape index (κ3) is 4.85. The van der Waals surface area contributed by atoms with Crippen LogP contribution in [0.15, 0.2) is 50.9 Å². The number of nitrogens with one attached hydrogen (secondary N) is 2. The number of hydrogen-bond donors (Lipinski definition) is 2. The summed E-state index contributed by atoms with van der Waals surface area (Å²) in [4.78, 5) is 12.2. The fourth-order valence-electron chi connectivity index (χ4n) is 2.27. The van der Waals surface area contributed by atoms with Crippen molar-refractivity contribution >= 4 is 38.1 Å². The van der Waals surface area contributed by atoms with Gasteiger partial charge in [0.15, 0.2) is 11.5 Å². The van der Waals surface area contributed by atoms with Gasteiger partial charge in [0.25, 0.3) is 5.91 Å². The third-order valence-corrected chi connectivity index (χ3v) is 5.46. The molecule has 2 N–H and O–H groups in total. The average molecular weight is 456 g/mol. The normalized spacial score (nSPS) is 11.4. The Labute approximate surface area is 165 Å². The molecule has 0 spiro atoms. The summed E-state index contributed by atoms with van der Waals surface area (Å²) in [6, 6.07) is 9.30. The number of nitrogens with zero attached hydrogens (tertiary/aromatic N) is 1. The molecule has 0 fully saturated rings. The van der Waals surface area contributed by atoms with Crippen LogP contribution in [-0.2, 0) is 10.0 Å². The molecule has 27 heavy (non-hydrogen) atoms. The molecule has 0 radical (unpaired) electrons. The Hall–Kier alpha value is -2.43. The van der Waals surface area contributed by atoms with Crippen molar-refractivity contribution in [2.75, 3.05) is 21.3 Å². The molecule has 1 amide bonds. The summed E-state index contributed by atoms with van der Waals surface area (Å²) in [5, 5.41) is 3.90. The molecule has 0 aliphatic rings. The Kier molecular flexibility index (Phi) is 6.94. The summed E-state index contributed by atoms with van der Waals surface area (Å²) in [5.41, 5.74) is 2.85. The van der Waals surface area contributed by atoms with Crippen LogP contribution in [0.3, 0.4) is 0 Å². The van der Waals surface area contributed by atoms with Gasteiger partial charge in [-0.1, -0.05) is 28.1 Å². The van der Waals surface area contributed by atoms with Crippen molar-refractivity contribution in [2.24, 2.45) is 5.10 Å². The quantitative estimate of drug-likeness (QED) is 0.491. The molecule has 0 atom stereocenters. The topological polar surface area (TPSA) is 106 Å². The second-order valence-corrected chi connectivity index (χ2v) is 7.90. The van der Waals surface area contributed by atoms with E-state index in [-0.39, 0.29) is 10.5 Å². The minimum absolute atomic E-state index is 0.0252. The minimum atomic E-state index is -3.78. The van der Waals surface area contributed by atoms with Crippen molar-refractivity contribution in [1.82, 2.24) is 10.1 Å². The highest BCUT2D eigenvalue weighted by atomic mass is 79.9. The third-order valence-electron chi connectivity index (χ3n) is 3.53. The maximum absolute atomic E-state index is 12.4. The molecule has 10 heteroatoms. The smallest absolute Gasteiger partial charge is 0.272 e. The molecule has 0 aliphatic carbocycles. The van der Waals surface area contributed by atoms with Crippen LogP contribution in [0.1, 0.15) is 15.9 Å². The standard InChI is InChI=1S/C17H18BrN3O5S/c1-19-27(23,24)15-7-5-4-6-13(15)17(22)21-20-10-11-8-12(18)9-14(25-2)16(11)26-3/h4-10,19H,1-3H3,(H,21,22)/b20-10-. The summed E-state index contributed by atoms with van der Waals surface area (Å²) in [5.74, 6) is 0.267. The highest BCUT2D eigenvalue weighted by Crippen LogP contribution is 2.33. The summed E-state index contributed by atoms with van der Waals surface area (Å²) < 4.78 is 37.6. The molecule has 0 aromatic heterocycles. The molecule has 144 valence electrons. The molecule has 0 bridgehead atoms. The van der Waals surface area contributed by atoms with Crippen LogP contribution in [0, 0.1) is 0 Å². The van der Waals surface area contributed by atoms with Crippen LogP contribution in [0.4, 0.5) is 0 Å². The number of carbonyl (C=O) groups is 1. The molecule has 0 saturated heterocycles. The lowest BCUT2D eigenvalue weighted by molar-refractivity contribution is 0.0952. The van der Waals surface area contributed by atoms with E-state index in [0.717, 1.165) is 4.47 Å². The molecular formula is C17H18BrN3O5S. The van der Waals surface area contributed by atoms with Crippen molar-refractivity contribution < 1.29 is 22.7 Å². The van der Waals surface area contributed by atoms with E-state index in [9.17, 15) is 13.2 Å². The van der Waals surface area contributed by atoms with Crippen LogP contribution >= 0.6 is 15.9 Å². The zero-order chi connectivity index (χ0) is 20.0. The first kappa shape index (κ1) is 20.9. The molecule has 0 unspecified atom stereocenters. The molecule has 8 nitrogen and oxygen atoms in total. The zero-order valence-electron chi connectivity index (χ0n) is 14.8. The van der Waals surface area contributed by atoms with E-state index in [2.05, 4.69) is 31.2 Å². The molecule has 2 rings (SSSR count). The largest absolute Gasteiger partial charge is 0.493 e. The molecule has 2 aromatic carbocycles. The number of rotatable bonds is 7. The number of amides is 1. The van der Waals surface area contributed by atoms with Gasteiger partial charge in [-0.05, 0) is 31.3 Å². The molecular weight excluding hydrogens is 438 g/mol. The average Bonchev–Trinajstić information content (AvgIpc) is 2.67. The van der Waals surface area contributed by atoms with Crippen LogP contribution in [0.2, 0.25) is 0 Å². The maximum Gasteiger partial charge on any atom is 0.272 e. The lowest BCUT2D eigenvalue weighted by Gasteiger charge is -2.11. The predicted molar refractivity (Wildman–Crippen MR) is 105 cm³/mol. The molecule has 0 saturated carbocycles. The Morgan fingerprint density at radius 1 is 1.19 bits per heavy atom.